The lowest BCUT2D eigenvalue weighted by Crippen LogP contribution is -2.29. The number of nitrogens with zero attached hydrogens (tertiary/aromatic N) is 3. The zero-order valence-electron chi connectivity index (χ0n) is 9.26. The van der Waals surface area contributed by atoms with Crippen molar-refractivity contribution >= 4 is 23.5 Å². The monoisotopic (exact) mass is 257 g/mol. The average molecular weight is 258 g/mol. The predicted molar refractivity (Wildman–Crippen MR) is 60.9 cm³/mol. The van der Waals surface area contributed by atoms with Gasteiger partial charge in [0.25, 0.3) is 5.91 Å². The first kappa shape index (κ1) is 13.4. The summed E-state index contributed by atoms with van der Waals surface area (Å²) < 4.78 is 0. The summed E-state index contributed by atoms with van der Waals surface area (Å²) in [6, 6.07) is 0. The van der Waals surface area contributed by atoms with E-state index in [9.17, 15) is 9.59 Å². The van der Waals surface area contributed by atoms with Crippen LogP contribution in [0.5, 0.6) is 0 Å². The molecule has 1 rings (SSSR count). The molecular formula is C10H12ClN3O3. The van der Waals surface area contributed by atoms with Crippen LogP contribution >= 0.6 is 11.6 Å². The van der Waals surface area contributed by atoms with E-state index in [0.717, 1.165) is 0 Å². The van der Waals surface area contributed by atoms with Crippen molar-refractivity contribution in [3.63, 3.8) is 0 Å². The van der Waals surface area contributed by atoms with E-state index in [1.807, 2.05) is 0 Å². The number of carbonyl (C=O) groups is 2. The molecule has 92 valence electrons. The summed E-state index contributed by atoms with van der Waals surface area (Å²) in [6.45, 7) is 0.347. The van der Waals surface area contributed by atoms with Gasteiger partial charge in [-0.1, -0.05) is 11.6 Å². The number of hydrogen-bond donors (Lipinski definition) is 1. The van der Waals surface area contributed by atoms with E-state index in [1.165, 1.54) is 17.3 Å². The molecule has 0 atom stereocenters. The first-order valence-electron chi connectivity index (χ1n) is 4.95. The Morgan fingerprint density at radius 2 is 2.18 bits per heavy atom. The molecule has 0 spiro atoms. The van der Waals surface area contributed by atoms with Gasteiger partial charge in [0.2, 0.25) is 0 Å². The van der Waals surface area contributed by atoms with Crippen molar-refractivity contribution in [3.8, 4) is 0 Å². The largest absolute Gasteiger partial charge is 0.481 e. The van der Waals surface area contributed by atoms with Crippen LogP contribution in [0, 0.1) is 0 Å². The van der Waals surface area contributed by atoms with E-state index in [-0.39, 0.29) is 23.2 Å². The Morgan fingerprint density at radius 3 is 2.76 bits per heavy atom. The topological polar surface area (TPSA) is 83.4 Å². The summed E-state index contributed by atoms with van der Waals surface area (Å²) in [5.74, 6) is -1.21. The molecule has 0 bridgehead atoms. The van der Waals surface area contributed by atoms with Crippen molar-refractivity contribution in [2.45, 2.75) is 12.8 Å². The molecule has 1 N–H and O–H groups in total. The van der Waals surface area contributed by atoms with Crippen LogP contribution < -0.4 is 0 Å². The Hall–Kier alpha value is -1.69. The molecule has 0 fully saturated rings. The van der Waals surface area contributed by atoms with Crippen molar-refractivity contribution in [2.75, 3.05) is 13.6 Å². The summed E-state index contributed by atoms with van der Waals surface area (Å²) >= 11 is 5.62. The van der Waals surface area contributed by atoms with E-state index < -0.39 is 5.97 Å². The SMILES string of the molecule is CN(CCCC(=O)O)C(=O)c1cncc(Cl)n1. The zero-order valence-corrected chi connectivity index (χ0v) is 10.0. The van der Waals surface area contributed by atoms with Gasteiger partial charge >= 0.3 is 5.97 Å². The molecule has 6 nitrogen and oxygen atoms in total. The van der Waals surface area contributed by atoms with Crippen LogP contribution in [0.1, 0.15) is 23.3 Å². The van der Waals surface area contributed by atoms with Crippen LogP contribution in [0.4, 0.5) is 0 Å². The first-order valence-corrected chi connectivity index (χ1v) is 5.33. The lowest BCUT2D eigenvalue weighted by atomic mass is 10.3. The van der Waals surface area contributed by atoms with Gasteiger partial charge < -0.3 is 10.0 Å². The van der Waals surface area contributed by atoms with E-state index >= 15 is 0 Å². The van der Waals surface area contributed by atoms with Crippen LogP contribution in [0.3, 0.4) is 0 Å². The van der Waals surface area contributed by atoms with Crippen molar-refractivity contribution in [1.29, 1.82) is 0 Å². The average Bonchev–Trinajstić information content (AvgIpc) is 2.27. The van der Waals surface area contributed by atoms with E-state index in [2.05, 4.69) is 9.97 Å². The summed E-state index contributed by atoms with van der Waals surface area (Å²) in [6.07, 6.45) is 3.08. The molecule has 17 heavy (non-hydrogen) atoms. The molecule has 0 aliphatic carbocycles. The zero-order chi connectivity index (χ0) is 12.8. The van der Waals surface area contributed by atoms with Crippen molar-refractivity contribution in [1.82, 2.24) is 14.9 Å². The molecule has 0 unspecified atom stereocenters. The van der Waals surface area contributed by atoms with Crippen molar-refractivity contribution < 1.29 is 14.7 Å². The second-order valence-corrected chi connectivity index (χ2v) is 3.84. The molecule has 1 amide bonds. The van der Waals surface area contributed by atoms with Crippen LogP contribution in [-0.4, -0.2) is 45.4 Å². The van der Waals surface area contributed by atoms with Gasteiger partial charge in [-0.05, 0) is 6.42 Å². The minimum Gasteiger partial charge on any atom is -0.481 e. The molecule has 7 heteroatoms. The molecule has 0 aliphatic rings. The van der Waals surface area contributed by atoms with Crippen molar-refractivity contribution in [2.24, 2.45) is 0 Å². The van der Waals surface area contributed by atoms with Gasteiger partial charge in [0.15, 0.2) is 0 Å². The highest BCUT2D eigenvalue weighted by molar-refractivity contribution is 6.29. The number of carboxylic acid groups (broad SMARTS) is 1. The standard InChI is InChI=1S/C10H12ClN3O3/c1-14(4-2-3-9(15)16)10(17)7-5-12-6-8(11)13-7/h5-6H,2-4H2,1H3,(H,15,16). The fourth-order valence-electron chi connectivity index (χ4n) is 1.21. The third kappa shape index (κ3) is 4.36. The number of aliphatic carboxylic acids is 1. The predicted octanol–water partition coefficient (Wildman–Crippen LogP) is 1.07. The number of amides is 1. The Morgan fingerprint density at radius 1 is 1.47 bits per heavy atom. The number of carboxylic acids is 1. The van der Waals surface area contributed by atoms with Crippen LogP contribution in [-0.2, 0) is 4.79 Å². The van der Waals surface area contributed by atoms with Crippen LogP contribution in [0.2, 0.25) is 5.15 Å². The second kappa shape index (κ2) is 6.15. The number of aromatic nitrogens is 2. The van der Waals surface area contributed by atoms with Crippen LogP contribution in [0.25, 0.3) is 0 Å². The first-order chi connectivity index (χ1) is 8.00. The number of hydrogen-bond acceptors (Lipinski definition) is 4. The number of halogens is 1. The fourth-order valence-corrected chi connectivity index (χ4v) is 1.36. The molecule has 1 aromatic rings. The lowest BCUT2D eigenvalue weighted by molar-refractivity contribution is -0.137. The number of rotatable bonds is 5. The van der Waals surface area contributed by atoms with Crippen molar-refractivity contribution in [3.05, 3.63) is 23.2 Å². The van der Waals surface area contributed by atoms with Gasteiger partial charge in [-0.2, -0.15) is 0 Å². The summed E-state index contributed by atoms with van der Waals surface area (Å²) in [5, 5.41) is 8.62. The molecule has 1 aromatic heterocycles. The maximum atomic E-state index is 11.8. The Kier molecular flexibility index (Phi) is 4.84. The Labute approximate surface area is 103 Å². The lowest BCUT2D eigenvalue weighted by Gasteiger charge is -2.15. The van der Waals surface area contributed by atoms with E-state index in [0.29, 0.717) is 13.0 Å². The van der Waals surface area contributed by atoms with Gasteiger partial charge in [0, 0.05) is 20.0 Å². The van der Waals surface area contributed by atoms with Gasteiger partial charge in [-0.3, -0.25) is 14.6 Å². The fraction of sp³-hybridized carbons (Fsp3) is 0.400. The Balaban J connectivity index is 2.54. The molecule has 0 saturated heterocycles. The molecule has 0 aliphatic heterocycles. The maximum absolute atomic E-state index is 11.8. The minimum absolute atomic E-state index is 0.0266. The maximum Gasteiger partial charge on any atom is 0.303 e. The molecular weight excluding hydrogens is 246 g/mol. The Bertz CT molecular complexity index is 425. The van der Waals surface area contributed by atoms with Gasteiger partial charge in [-0.15, -0.1) is 0 Å². The van der Waals surface area contributed by atoms with E-state index in [1.54, 1.807) is 7.05 Å². The molecule has 0 aromatic carbocycles. The quantitative estimate of drug-likeness (QED) is 0.853. The molecule has 0 radical (unpaired) electrons. The van der Waals surface area contributed by atoms with Crippen LogP contribution in [0.15, 0.2) is 12.4 Å². The van der Waals surface area contributed by atoms with Gasteiger partial charge in [0.05, 0.1) is 12.4 Å². The number of carbonyl (C=O) groups excluding carboxylic acids is 1. The van der Waals surface area contributed by atoms with E-state index in [4.69, 9.17) is 16.7 Å². The highest BCUT2D eigenvalue weighted by Crippen LogP contribution is 2.05. The highest BCUT2D eigenvalue weighted by atomic mass is 35.5. The van der Waals surface area contributed by atoms with Gasteiger partial charge in [-0.25, -0.2) is 4.98 Å². The third-order valence-electron chi connectivity index (χ3n) is 2.06. The summed E-state index contributed by atoms with van der Waals surface area (Å²) in [5.41, 5.74) is 0.148. The molecule has 1 heterocycles. The second-order valence-electron chi connectivity index (χ2n) is 3.45. The van der Waals surface area contributed by atoms with Gasteiger partial charge in [0.1, 0.15) is 10.8 Å². The minimum atomic E-state index is -0.881. The highest BCUT2D eigenvalue weighted by Gasteiger charge is 2.13. The third-order valence-corrected chi connectivity index (χ3v) is 2.24. The summed E-state index contributed by atoms with van der Waals surface area (Å²) in [7, 11) is 1.58. The molecule has 0 saturated carbocycles. The normalized spacial score (nSPS) is 10.0. The smallest absolute Gasteiger partial charge is 0.303 e. The summed E-state index contributed by atoms with van der Waals surface area (Å²) in [4.78, 5) is 31.1.